The molecule has 4 aliphatic rings. The first-order valence-corrected chi connectivity index (χ1v) is 13.0. The first kappa shape index (κ1) is 21.1. The third-order valence-electron chi connectivity index (χ3n) is 7.50. The molecule has 0 aromatic heterocycles. The van der Waals surface area contributed by atoms with Crippen molar-refractivity contribution in [3.05, 3.63) is 100 Å². The van der Waals surface area contributed by atoms with Gasteiger partial charge in [0.25, 0.3) is 21.8 Å². The van der Waals surface area contributed by atoms with Crippen LogP contribution in [-0.2, 0) is 10.0 Å². The summed E-state index contributed by atoms with van der Waals surface area (Å²) < 4.78 is 26.2. The lowest BCUT2D eigenvalue weighted by molar-refractivity contribution is 0.0874. The predicted octanol–water partition coefficient (Wildman–Crippen LogP) is 3.88. The fourth-order valence-corrected chi connectivity index (χ4v) is 7.62. The molecule has 172 valence electrons. The number of carbonyl (C=O) groups is 2. The summed E-state index contributed by atoms with van der Waals surface area (Å²) in [5.41, 5.74) is 5.79. The van der Waals surface area contributed by atoms with Crippen molar-refractivity contribution in [2.24, 2.45) is 5.92 Å². The van der Waals surface area contributed by atoms with Gasteiger partial charge in [0, 0.05) is 30.5 Å². The van der Waals surface area contributed by atoms with Crippen molar-refractivity contribution in [1.29, 1.82) is 0 Å². The summed E-state index contributed by atoms with van der Waals surface area (Å²) >= 11 is 0. The zero-order chi connectivity index (χ0) is 23.6. The highest BCUT2D eigenvalue weighted by Gasteiger charge is 2.43. The molecule has 0 radical (unpaired) electrons. The molecule has 34 heavy (non-hydrogen) atoms. The largest absolute Gasteiger partial charge is 0.352 e. The lowest BCUT2D eigenvalue weighted by atomic mass is 9.59. The summed E-state index contributed by atoms with van der Waals surface area (Å²) in [6.45, 7) is 2.17. The number of fused-ring (bicyclic) bond motifs is 2. The molecule has 2 bridgehead atoms. The van der Waals surface area contributed by atoms with Gasteiger partial charge < -0.3 is 5.32 Å². The number of sulfonamides is 1. The Morgan fingerprint density at radius 3 is 2.21 bits per heavy atom. The SMILES string of the molecule is CCN1C(=O)c2ccc(C(=O)NCC3CC4c5ccccc5C3c3ccccc34)cc2S1(=O)=O. The van der Waals surface area contributed by atoms with Crippen molar-refractivity contribution < 1.29 is 18.0 Å². The van der Waals surface area contributed by atoms with E-state index in [0.29, 0.717) is 12.5 Å². The lowest BCUT2D eigenvalue weighted by Gasteiger charge is -2.45. The van der Waals surface area contributed by atoms with E-state index in [1.165, 1.54) is 40.5 Å². The van der Waals surface area contributed by atoms with E-state index in [0.717, 1.165) is 10.7 Å². The Balaban J connectivity index is 1.26. The summed E-state index contributed by atoms with van der Waals surface area (Å²) in [6, 6.07) is 21.4. The van der Waals surface area contributed by atoms with E-state index in [9.17, 15) is 18.0 Å². The van der Waals surface area contributed by atoms with Gasteiger partial charge in [0.05, 0.1) is 5.56 Å². The van der Waals surface area contributed by atoms with E-state index < -0.39 is 15.9 Å². The van der Waals surface area contributed by atoms with Crippen LogP contribution in [0, 0.1) is 5.92 Å². The zero-order valence-electron chi connectivity index (χ0n) is 18.7. The topological polar surface area (TPSA) is 83.6 Å². The van der Waals surface area contributed by atoms with Crippen molar-refractivity contribution in [3.63, 3.8) is 0 Å². The Morgan fingerprint density at radius 1 is 0.971 bits per heavy atom. The Morgan fingerprint density at radius 2 is 1.59 bits per heavy atom. The second kappa shape index (κ2) is 7.53. The monoisotopic (exact) mass is 472 g/mol. The van der Waals surface area contributed by atoms with Crippen LogP contribution in [-0.4, -0.2) is 37.6 Å². The molecule has 0 spiro atoms. The van der Waals surface area contributed by atoms with Crippen LogP contribution < -0.4 is 5.32 Å². The van der Waals surface area contributed by atoms with Crippen molar-refractivity contribution in [2.75, 3.05) is 13.1 Å². The lowest BCUT2D eigenvalue weighted by Crippen LogP contribution is -2.39. The molecule has 1 atom stereocenters. The van der Waals surface area contributed by atoms with Crippen LogP contribution in [0.4, 0.5) is 0 Å². The molecular weight excluding hydrogens is 448 g/mol. The fraction of sp³-hybridized carbons (Fsp3) is 0.259. The molecule has 0 saturated heterocycles. The zero-order valence-corrected chi connectivity index (χ0v) is 19.5. The maximum absolute atomic E-state index is 13.0. The van der Waals surface area contributed by atoms with Gasteiger partial charge in [-0.2, -0.15) is 0 Å². The minimum Gasteiger partial charge on any atom is -0.352 e. The van der Waals surface area contributed by atoms with Crippen molar-refractivity contribution in [2.45, 2.75) is 30.1 Å². The van der Waals surface area contributed by atoms with E-state index in [1.807, 2.05) is 0 Å². The highest BCUT2D eigenvalue weighted by Crippen LogP contribution is 2.55. The number of carbonyl (C=O) groups excluding carboxylic acids is 2. The minimum absolute atomic E-state index is 0.0601. The molecule has 7 heteroatoms. The van der Waals surface area contributed by atoms with Gasteiger partial charge in [-0.25, -0.2) is 12.7 Å². The summed E-state index contributed by atoms with van der Waals surface area (Å²) in [5.74, 6) is -0.0955. The number of rotatable bonds is 4. The molecule has 0 saturated carbocycles. The molecule has 1 unspecified atom stereocenters. The number of nitrogens with zero attached hydrogens (tertiary/aromatic N) is 1. The first-order valence-electron chi connectivity index (χ1n) is 11.6. The molecule has 6 nitrogen and oxygen atoms in total. The van der Waals surface area contributed by atoms with Gasteiger partial charge >= 0.3 is 0 Å². The maximum atomic E-state index is 13.0. The number of nitrogens with one attached hydrogen (secondary N) is 1. The number of hydrogen-bond donors (Lipinski definition) is 1. The van der Waals surface area contributed by atoms with Crippen LogP contribution in [0.2, 0.25) is 0 Å². The van der Waals surface area contributed by atoms with Gasteiger partial charge in [-0.3, -0.25) is 9.59 Å². The van der Waals surface area contributed by atoms with Crippen molar-refractivity contribution >= 4 is 21.8 Å². The molecule has 3 aromatic rings. The quantitative estimate of drug-likeness (QED) is 0.625. The standard InChI is InChI=1S/C27H24N2O4S/c1-2-29-27(31)22-12-11-16(14-24(22)34(29,32)33)26(30)28-15-17-13-23-18-7-3-5-9-20(18)25(17)21-10-6-4-8-19(21)23/h3-12,14,17,23,25H,2,13,15H2,1H3,(H,28,30). The Kier molecular flexibility index (Phi) is 4.68. The van der Waals surface area contributed by atoms with E-state index in [1.54, 1.807) is 6.92 Å². The van der Waals surface area contributed by atoms with Gasteiger partial charge in [0.2, 0.25) is 0 Å². The first-order chi connectivity index (χ1) is 16.4. The molecule has 1 N–H and O–H groups in total. The van der Waals surface area contributed by atoms with Crippen molar-refractivity contribution in [1.82, 2.24) is 9.62 Å². The van der Waals surface area contributed by atoms with Crippen LogP contribution in [0.15, 0.2) is 71.6 Å². The summed E-state index contributed by atoms with van der Waals surface area (Å²) in [7, 11) is -3.91. The van der Waals surface area contributed by atoms with E-state index in [4.69, 9.17) is 0 Å². The predicted molar refractivity (Wildman–Crippen MR) is 127 cm³/mol. The van der Waals surface area contributed by atoms with Crippen LogP contribution in [0.1, 0.15) is 68.2 Å². The van der Waals surface area contributed by atoms with E-state index in [-0.39, 0.29) is 40.3 Å². The van der Waals surface area contributed by atoms with Gasteiger partial charge in [-0.1, -0.05) is 48.5 Å². The molecule has 2 amide bonds. The Bertz CT molecular complexity index is 1420. The third-order valence-corrected chi connectivity index (χ3v) is 9.40. The second-order valence-electron chi connectivity index (χ2n) is 9.18. The molecule has 1 aliphatic heterocycles. The van der Waals surface area contributed by atoms with Crippen LogP contribution in [0.25, 0.3) is 0 Å². The number of hydrogen-bond acceptors (Lipinski definition) is 4. The smallest absolute Gasteiger partial charge is 0.268 e. The number of benzene rings is 3. The molecule has 7 rings (SSSR count). The van der Waals surface area contributed by atoms with Crippen LogP contribution in [0.5, 0.6) is 0 Å². The van der Waals surface area contributed by atoms with Gasteiger partial charge in [0.1, 0.15) is 4.90 Å². The number of amides is 2. The van der Waals surface area contributed by atoms with E-state index >= 15 is 0 Å². The Labute approximate surface area is 198 Å². The van der Waals surface area contributed by atoms with Gasteiger partial charge in [-0.15, -0.1) is 0 Å². The van der Waals surface area contributed by atoms with Crippen LogP contribution >= 0.6 is 0 Å². The molecule has 1 heterocycles. The molecule has 3 aromatic carbocycles. The maximum Gasteiger partial charge on any atom is 0.268 e. The summed E-state index contributed by atoms with van der Waals surface area (Å²) in [4.78, 5) is 25.3. The van der Waals surface area contributed by atoms with Crippen LogP contribution in [0.3, 0.4) is 0 Å². The highest BCUT2D eigenvalue weighted by molar-refractivity contribution is 7.90. The second-order valence-corrected chi connectivity index (χ2v) is 11.0. The average Bonchev–Trinajstić information content (AvgIpc) is 3.06. The Hall–Kier alpha value is -3.45. The molecule has 0 fully saturated rings. The summed E-state index contributed by atoms with van der Waals surface area (Å²) in [5, 5.41) is 3.04. The average molecular weight is 473 g/mol. The van der Waals surface area contributed by atoms with E-state index in [2.05, 4.69) is 53.8 Å². The van der Waals surface area contributed by atoms with Gasteiger partial charge in [-0.05, 0) is 59.7 Å². The third kappa shape index (κ3) is 2.89. The molecular formula is C27H24N2O4S. The fourth-order valence-electron chi connectivity index (χ4n) is 6.02. The molecule has 3 aliphatic carbocycles. The minimum atomic E-state index is -3.91. The van der Waals surface area contributed by atoms with Crippen molar-refractivity contribution in [3.8, 4) is 0 Å². The normalized spacial score (nSPS) is 23.3. The summed E-state index contributed by atoms with van der Waals surface area (Å²) in [6.07, 6.45) is 0.956. The van der Waals surface area contributed by atoms with Gasteiger partial charge in [0.15, 0.2) is 0 Å². The highest BCUT2D eigenvalue weighted by atomic mass is 32.2.